The summed E-state index contributed by atoms with van der Waals surface area (Å²) in [5.41, 5.74) is 4.48. The largest absolute Gasteiger partial charge is 0.489 e. The highest BCUT2D eigenvalue weighted by Crippen LogP contribution is 2.36. The molecule has 196 valence electrons. The highest BCUT2D eigenvalue weighted by Gasteiger charge is 2.45. The van der Waals surface area contributed by atoms with Crippen LogP contribution in [0.1, 0.15) is 35.4 Å². The number of carbonyl (C=O) groups is 1. The smallest absolute Gasteiger partial charge is 0.250 e. The summed E-state index contributed by atoms with van der Waals surface area (Å²) in [5.74, 6) is -0.483. The summed E-state index contributed by atoms with van der Waals surface area (Å²) < 4.78 is 32.5. The van der Waals surface area contributed by atoms with Crippen LogP contribution in [0, 0.1) is 19.3 Å². The topological polar surface area (TPSA) is 109 Å². The van der Waals surface area contributed by atoms with E-state index >= 15 is 0 Å². The first-order valence-electron chi connectivity index (χ1n) is 12.3. The fraction of sp³-hybridized carbons (Fsp3) is 0.357. The van der Waals surface area contributed by atoms with Gasteiger partial charge in [-0.05, 0) is 87.3 Å². The monoisotopic (exact) mass is 523 g/mol. The Morgan fingerprint density at radius 2 is 1.62 bits per heavy atom. The molecule has 2 N–H and O–H groups in total. The number of pyridine rings is 1. The average Bonchev–Trinajstić information content (AvgIpc) is 2.88. The van der Waals surface area contributed by atoms with Gasteiger partial charge < -0.3 is 4.74 Å². The first-order valence-corrected chi connectivity index (χ1v) is 13.9. The van der Waals surface area contributed by atoms with Crippen molar-refractivity contribution in [2.24, 2.45) is 5.41 Å². The molecule has 0 unspecified atom stereocenters. The summed E-state index contributed by atoms with van der Waals surface area (Å²) in [6.45, 7) is 6.03. The van der Waals surface area contributed by atoms with Crippen LogP contribution in [-0.4, -0.2) is 48.3 Å². The second kappa shape index (κ2) is 11.4. The number of hydrogen-bond donors (Lipinski definition) is 2. The van der Waals surface area contributed by atoms with E-state index in [1.807, 2.05) is 56.3 Å². The molecule has 1 saturated heterocycles. The second-order valence-electron chi connectivity index (χ2n) is 9.76. The number of rotatable bonds is 9. The lowest BCUT2D eigenvalue weighted by Gasteiger charge is -2.39. The molecule has 37 heavy (non-hydrogen) atoms. The van der Waals surface area contributed by atoms with E-state index in [0.717, 1.165) is 29.1 Å². The van der Waals surface area contributed by atoms with Crippen molar-refractivity contribution in [3.05, 3.63) is 89.2 Å². The van der Waals surface area contributed by atoms with Gasteiger partial charge in [-0.1, -0.05) is 30.3 Å². The normalized spacial score (nSPS) is 15.8. The molecule has 3 aromatic rings. The first kappa shape index (κ1) is 26.8. The molecule has 2 heterocycles. The number of amides is 1. The standard InChI is InChI=1S/C28H33N3O5S/c1-21-16-24(17-22(2)29-21)19-36-25-8-10-26(11-9-25)37(34,35)20-28(27(32)30-33)12-14-31(15-13-28)18-23-6-4-3-5-7-23/h3-11,16-17,33H,12-15,18-20H2,1-2H3,(H,30,32). The van der Waals surface area contributed by atoms with E-state index in [9.17, 15) is 18.4 Å². The van der Waals surface area contributed by atoms with Crippen LogP contribution in [0.25, 0.3) is 0 Å². The summed E-state index contributed by atoms with van der Waals surface area (Å²) in [4.78, 5) is 19.4. The predicted octanol–water partition coefficient (Wildman–Crippen LogP) is 3.84. The van der Waals surface area contributed by atoms with Gasteiger partial charge in [0.25, 0.3) is 5.91 Å². The molecule has 1 aliphatic rings. The lowest BCUT2D eigenvalue weighted by molar-refractivity contribution is -0.141. The van der Waals surface area contributed by atoms with Crippen LogP contribution in [-0.2, 0) is 27.8 Å². The van der Waals surface area contributed by atoms with Gasteiger partial charge in [-0.3, -0.25) is 19.9 Å². The summed E-state index contributed by atoms with van der Waals surface area (Å²) >= 11 is 0. The van der Waals surface area contributed by atoms with Gasteiger partial charge in [-0.25, -0.2) is 13.9 Å². The number of ether oxygens (including phenoxy) is 1. The Balaban J connectivity index is 1.42. The zero-order valence-corrected chi connectivity index (χ0v) is 22.0. The number of nitrogens with one attached hydrogen (secondary N) is 1. The highest BCUT2D eigenvalue weighted by molar-refractivity contribution is 7.91. The number of likely N-dealkylation sites (tertiary alicyclic amines) is 1. The van der Waals surface area contributed by atoms with E-state index < -0.39 is 21.2 Å². The Hall–Kier alpha value is -3.27. The van der Waals surface area contributed by atoms with Crippen molar-refractivity contribution in [1.29, 1.82) is 0 Å². The third-order valence-corrected chi connectivity index (χ3v) is 8.76. The third kappa shape index (κ3) is 6.74. The molecule has 0 atom stereocenters. The van der Waals surface area contributed by atoms with Crippen molar-refractivity contribution in [3.8, 4) is 5.75 Å². The average molecular weight is 524 g/mol. The minimum absolute atomic E-state index is 0.118. The number of aromatic nitrogens is 1. The summed E-state index contributed by atoms with van der Waals surface area (Å²) in [6, 6.07) is 20.1. The van der Waals surface area contributed by atoms with Gasteiger partial charge in [0.15, 0.2) is 9.84 Å². The molecule has 1 aromatic heterocycles. The molecule has 0 saturated carbocycles. The maximum atomic E-state index is 13.3. The Morgan fingerprint density at radius 1 is 1.00 bits per heavy atom. The molecule has 0 spiro atoms. The minimum Gasteiger partial charge on any atom is -0.489 e. The number of sulfone groups is 1. The van der Waals surface area contributed by atoms with Crippen molar-refractivity contribution in [2.45, 2.75) is 44.7 Å². The van der Waals surface area contributed by atoms with Gasteiger partial charge in [-0.2, -0.15) is 0 Å². The summed E-state index contributed by atoms with van der Waals surface area (Å²) in [7, 11) is -3.80. The molecular weight excluding hydrogens is 490 g/mol. The molecule has 2 aromatic carbocycles. The second-order valence-corrected chi connectivity index (χ2v) is 11.7. The Labute approximate surface area is 218 Å². The number of carbonyl (C=O) groups excluding carboxylic acids is 1. The van der Waals surface area contributed by atoms with Gasteiger partial charge in [0.05, 0.1) is 16.1 Å². The fourth-order valence-corrected chi connectivity index (χ4v) is 6.76. The van der Waals surface area contributed by atoms with Gasteiger partial charge in [0.1, 0.15) is 12.4 Å². The number of piperidine rings is 1. The van der Waals surface area contributed by atoms with Crippen molar-refractivity contribution in [3.63, 3.8) is 0 Å². The lowest BCUT2D eigenvalue weighted by Crippen LogP contribution is -2.51. The lowest BCUT2D eigenvalue weighted by atomic mass is 9.79. The molecule has 1 fully saturated rings. The number of aryl methyl sites for hydroxylation is 2. The number of hydrogen-bond acceptors (Lipinski definition) is 7. The van der Waals surface area contributed by atoms with Crippen LogP contribution in [0.15, 0.2) is 71.6 Å². The Morgan fingerprint density at radius 3 is 2.22 bits per heavy atom. The van der Waals surface area contributed by atoms with E-state index in [1.54, 1.807) is 17.6 Å². The van der Waals surface area contributed by atoms with Crippen LogP contribution in [0.3, 0.4) is 0 Å². The van der Waals surface area contributed by atoms with E-state index in [-0.39, 0.29) is 10.6 Å². The molecule has 0 aliphatic carbocycles. The van der Waals surface area contributed by atoms with Crippen molar-refractivity contribution < 1.29 is 23.2 Å². The number of benzene rings is 2. The maximum Gasteiger partial charge on any atom is 0.250 e. The van der Waals surface area contributed by atoms with Gasteiger partial charge in [0.2, 0.25) is 0 Å². The predicted molar refractivity (Wildman–Crippen MR) is 140 cm³/mol. The Bertz CT molecular complexity index is 1300. The quantitative estimate of drug-likeness (QED) is 0.324. The van der Waals surface area contributed by atoms with Gasteiger partial charge in [0, 0.05) is 17.9 Å². The summed E-state index contributed by atoms with van der Waals surface area (Å²) in [5, 5.41) is 9.42. The molecule has 9 heteroatoms. The van der Waals surface area contributed by atoms with E-state index in [4.69, 9.17) is 4.74 Å². The van der Waals surface area contributed by atoms with E-state index in [0.29, 0.717) is 38.3 Å². The zero-order valence-electron chi connectivity index (χ0n) is 21.2. The summed E-state index contributed by atoms with van der Waals surface area (Å²) in [6.07, 6.45) is 0.662. The van der Waals surface area contributed by atoms with Crippen LogP contribution >= 0.6 is 0 Å². The van der Waals surface area contributed by atoms with Crippen molar-refractivity contribution >= 4 is 15.7 Å². The molecule has 4 rings (SSSR count). The molecule has 0 radical (unpaired) electrons. The van der Waals surface area contributed by atoms with E-state index in [2.05, 4.69) is 9.88 Å². The third-order valence-electron chi connectivity index (χ3n) is 6.84. The minimum atomic E-state index is -3.80. The molecule has 1 aliphatic heterocycles. The SMILES string of the molecule is Cc1cc(COc2ccc(S(=O)(=O)CC3(C(=O)NO)CCN(Cc4ccccc4)CC3)cc2)cc(C)n1. The van der Waals surface area contributed by atoms with Gasteiger partial charge in [-0.15, -0.1) is 0 Å². The van der Waals surface area contributed by atoms with Crippen molar-refractivity contribution in [2.75, 3.05) is 18.8 Å². The highest BCUT2D eigenvalue weighted by atomic mass is 32.2. The molecule has 8 nitrogen and oxygen atoms in total. The maximum absolute atomic E-state index is 13.3. The van der Waals surface area contributed by atoms with Crippen LogP contribution in [0.2, 0.25) is 0 Å². The molecular formula is C28H33N3O5S. The first-order chi connectivity index (χ1) is 17.7. The van der Waals surface area contributed by atoms with E-state index in [1.165, 1.54) is 12.1 Å². The van der Waals surface area contributed by atoms with Crippen LogP contribution in [0.4, 0.5) is 0 Å². The van der Waals surface area contributed by atoms with Gasteiger partial charge >= 0.3 is 0 Å². The van der Waals surface area contributed by atoms with Crippen LogP contribution in [0.5, 0.6) is 5.75 Å². The number of hydroxylamine groups is 1. The fourth-order valence-electron chi connectivity index (χ4n) is 4.90. The van der Waals surface area contributed by atoms with Crippen LogP contribution < -0.4 is 10.2 Å². The number of nitrogens with zero attached hydrogens (tertiary/aromatic N) is 2. The molecule has 1 amide bonds. The Kier molecular flexibility index (Phi) is 8.26. The zero-order chi connectivity index (χ0) is 26.5. The molecule has 0 bridgehead atoms. The van der Waals surface area contributed by atoms with Crippen molar-refractivity contribution in [1.82, 2.24) is 15.4 Å².